The Bertz CT molecular complexity index is 780. The number of thioether (sulfide) groups is 1. The molecule has 0 aliphatic carbocycles. The highest BCUT2D eigenvalue weighted by molar-refractivity contribution is 8.27. The Labute approximate surface area is 145 Å². The van der Waals surface area contributed by atoms with E-state index in [0.717, 1.165) is 17.7 Å². The van der Waals surface area contributed by atoms with E-state index in [1.54, 1.807) is 29.2 Å². The molecule has 1 aliphatic heterocycles. The summed E-state index contributed by atoms with van der Waals surface area (Å²) in [5, 5.41) is 0. The zero-order valence-electron chi connectivity index (χ0n) is 12.7. The van der Waals surface area contributed by atoms with Gasteiger partial charge in [0.1, 0.15) is 0 Å². The van der Waals surface area contributed by atoms with Crippen LogP contribution in [0.4, 0.5) is 11.4 Å². The average molecular weight is 340 g/mol. The number of amides is 1. The van der Waals surface area contributed by atoms with Crippen molar-refractivity contribution in [2.75, 3.05) is 10.6 Å². The minimum atomic E-state index is -0.0932. The van der Waals surface area contributed by atoms with E-state index >= 15 is 0 Å². The van der Waals surface area contributed by atoms with Crippen molar-refractivity contribution in [2.24, 2.45) is 0 Å². The molecule has 1 heterocycles. The van der Waals surface area contributed by atoms with E-state index in [4.69, 9.17) is 18.0 Å². The molecule has 0 radical (unpaired) electrons. The summed E-state index contributed by atoms with van der Waals surface area (Å²) in [6.07, 6.45) is 2.88. The van der Waals surface area contributed by atoms with Crippen molar-refractivity contribution in [1.29, 1.82) is 0 Å². The molecule has 2 N–H and O–H groups in total. The normalized spacial score (nSPS) is 16.4. The van der Waals surface area contributed by atoms with Gasteiger partial charge in [0.2, 0.25) is 0 Å². The van der Waals surface area contributed by atoms with Crippen molar-refractivity contribution < 1.29 is 4.79 Å². The predicted octanol–water partition coefficient (Wildman–Crippen LogP) is 4.24. The SMILES string of the molecule is CCc1ccc(/C=C2/SC(=S)N(c3ccc(N)cc3)C2=O)cc1. The first kappa shape index (κ1) is 15.8. The van der Waals surface area contributed by atoms with Crippen molar-refractivity contribution in [3.8, 4) is 0 Å². The van der Waals surface area contributed by atoms with E-state index in [9.17, 15) is 4.79 Å². The molecule has 0 unspecified atom stereocenters. The summed E-state index contributed by atoms with van der Waals surface area (Å²) in [4.78, 5) is 14.8. The maximum Gasteiger partial charge on any atom is 0.270 e. The Kier molecular flexibility index (Phi) is 4.50. The van der Waals surface area contributed by atoms with Crippen LogP contribution in [0.2, 0.25) is 0 Å². The van der Waals surface area contributed by atoms with Crippen molar-refractivity contribution in [3.05, 3.63) is 64.6 Å². The topological polar surface area (TPSA) is 46.3 Å². The van der Waals surface area contributed by atoms with Gasteiger partial charge in [-0.1, -0.05) is 55.2 Å². The van der Waals surface area contributed by atoms with Crippen molar-refractivity contribution in [1.82, 2.24) is 0 Å². The number of anilines is 2. The fourth-order valence-corrected chi connectivity index (χ4v) is 3.61. The first-order valence-electron chi connectivity index (χ1n) is 7.31. The molecular formula is C18H16N2OS2. The Morgan fingerprint density at radius 1 is 1.13 bits per heavy atom. The maximum absolute atomic E-state index is 12.6. The number of nitrogen functional groups attached to an aromatic ring is 1. The molecule has 3 nitrogen and oxygen atoms in total. The third-order valence-corrected chi connectivity index (χ3v) is 4.93. The van der Waals surface area contributed by atoms with Crippen LogP contribution in [-0.4, -0.2) is 10.2 Å². The van der Waals surface area contributed by atoms with Crippen LogP contribution in [0.25, 0.3) is 6.08 Å². The fourth-order valence-electron chi connectivity index (χ4n) is 2.31. The summed E-state index contributed by atoms with van der Waals surface area (Å²) in [6, 6.07) is 15.3. The molecule has 0 spiro atoms. The molecule has 1 amide bonds. The van der Waals surface area contributed by atoms with Gasteiger partial charge in [-0.2, -0.15) is 0 Å². The number of carbonyl (C=O) groups is 1. The minimum Gasteiger partial charge on any atom is -0.399 e. The number of nitrogens with two attached hydrogens (primary N) is 1. The number of hydrogen-bond donors (Lipinski definition) is 1. The second kappa shape index (κ2) is 6.56. The molecule has 3 rings (SSSR count). The van der Waals surface area contributed by atoms with Crippen molar-refractivity contribution in [3.63, 3.8) is 0 Å². The molecule has 2 aromatic rings. The van der Waals surface area contributed by atoms with E-state index in [-0.39, 0.29) is 5.91 Å². The zero-order chi connectivity index (χ0) is 16.4. The van der Waals surface area contributed by atoms with Crippen LogP contribution < -0.4 is 10.6 Å². The smallest absolute Gasteiger partial charge is 0.270 e. The number of benzene rings is 2. The van der Waals surface area contributed by atoms with Crippen LogP contribution in [0.15, 0.2) is 53.4 Å². The van der Waals surface area contributed by atoms with E-state index in [1.165, 1.54) is 17.3 Å². The Hall–Kier alpha value is -2.11. The van der Waals surface area contributed by atoms with Crippen LogP contribution in [-0.2, 0) is 11.2 Å². The lowest BCUT2D eigenvalue weighted by molar-refractivity contribution is -0.113. The van der Waals surface area contributed by atoms with Crippen LogP contribution in [0.1, 0.15) is 18.1 Å². The number of thiocarbonyl (C=S) groups is 1. The zero-order valence-corrected chi connectivity index (χ0v) is 14.3. The summed E-state index contributed by atoms with van der Waals surface area (Å²) in [5.41, 5.74) is 9.37. The Morgan fingerprint density at radius 3 is 2.39 bits per heavy atom. The lowest BCUT2D eigenvalue weighted by atomic mass is 10.1. The molecule has 0 atom stereocenters. The highest BCUT2D eigenvalue weighted by Gasteiger charge is 2.33. The van der Waals surface area contributed by atoms with Crippen LogP contribution in [0, 0.1) is 0 Å². The number of carbonyl (C=O) groups excluding carboxylic acids is 1. The molecule has 23 heavy (non-hydrogen) atoms. The van der Waals surface area contributed by atoms with Gasteiger partial charge in [-0.05, 0) is 47.9 Å². The van der Waals surface area contributed by atoms with Gasteiger partial charge < -0.3 is 5.73 Å². The third kappa shape index (κ3) is 3.30. The van der Waals surface area contributed by atoms with E-state index in [2.05, 4.69) is 19.1 Å². The molecular weight excluding hydrogens is 324 g/mol. The second-order valence-electron chi connectivity index (χ2n) is 5.20. The van der Waals surface area contributed by atoms with Crippen molar-refractivity contribution in [2.45, 2.75) is 13.3 Å². The van der Waals surface area contributed by atoms with Gasteiger partial charge in [0.25, 0.3) is 5.91 Å². The first-order valence-corrected chi connectivity index (χ1v) is 8.53. The largest absolute Gasteiger partial charge is 0.399 e. The van der Waals surface area contributed by atoms with Crippen LogP contribution in [0.3, 0.4) is 0 Å². The first-order chi connectivity index (χ1) is 11.1. The molecule has 0 saturated carbocycles. The summed E-state index contributed by atoms with van der Waals surface area (Å²) in [5.74, 6) is -0.0932. The Morgan fingerprint density at radius 2 is 1.78 bits per heavy atom. The minimum absolute atomic E-state index is 0.0932. The molecule has 1 fully saturated rings. The summed E-state index contributed by atoms with van der Waals surface area (Å²) < 4.78 is 0.538. The predicted molar refractivity (Wildman–Crippen MR) is 102 cm³/mol. The summed E-state index contributed by atoms with van der Waals surface area (Å²) in [7, 11) is 0. The molecule has 5 heteroatoms. The highest BCUT2D eigenvalue weighted by Crippen LogP contribution is 2.36. The monoisotopic (exact) mass is 340 g/mol. The number of nitrogens with zero attached hydrogens (tertiary/aromatic N) is 1. The number of hydrogen-bond acceptors (Lipinski definition) is 4. The van der Waals surface area contributed by atoms with E-state index in [1.807, 2.05) is 18.2 Å². The molecule has 2 aromatic carbocycles. The van der Waals surface area contributed by atoms with Crippen LogP contribution in [0.5, 0.6) is 0 Å². The summed E-state index contributed by atoms with van der Waals surface area (Å²) in [6.45, 7) is 2.12. The van der Waals surface area contributed by atoms with Crippen LogP contribution >= 0.6 is 24.0 Å². The molecule has 0 aromatic heterocycles. The third-order valence-electron chi connectivity index (χ3n) is 3.63. The van der Waals surface area contributed by atoms with Gasteiger partial charge in [-0.15, -0.1) is 0 Å². The van der Waals surface area contributed by atoms with E-state index in [0.29, 0.717) is 14.9 Å². The number of aryl methyl sites for hydroxylation is 1. The van der Waals surface area contributed by atoms with Gasteiger partial charge in [-0.3, -0.25) is 9.69 Å². The average Bonchev–Trinajstić information content (AvgIpc) is 2.83. The quantitative estimate of drug-likeness (QED) is 0.516. The molecule has 116 valence electrons. The van der Waals surface area contributed by atoms with Gasteiger partial charge in [0.15, 0.2) is 4.32 Å². The maximum atomic E-state index is 12.6. The van der Waals surface area contributed by atoms with Crippen molar-refractivity contribution >= 4 is 51.7 Å². The molecule has 1 saturated heterocycles. The lowest BCUT2D eigenvalue weighted by Crippen LogP contribution is -2.27. The number of rotatable bonds is 3. The Balaban J connectivity index is 1.88. The van der Waals surface area contributed by atoms with E-state index < -0.39 is 0 Å². The van der Waals surface area contributed by atoms with Gasteiger partial charge in [0.05, 0.1) is 10.6 Å². The molecule has 1 aliphatic rings. The second-order valence-corrected chi connectivity index (χ2v) is 6.88. The van der Waals surface area contributed by atoms with Gasteiger partial charge in [0, 0.05) is 5.69 Å². The van der Waals surface area contributed by atoms with Gasteiger partial charge >= 0.3 is 0 Å². The fraction of sp³-hybridized carbons (Fsp3) is 0.111. The van der Waals surface area contributed by atoms with Gasteiger partial charge in [-0.25, -0.2) is 0 Å². The molecule has 0 bridgehead atoms. The lowest BCUT2D eigenvalue weighted by Gasteiger charge is -2.14. The standard InChI is InChI=1S/C18H16N2OS2/c1-2-12-3-5-13(6-4-12)11-16-17(21)20(18(22)23-16)15-9-7-14(19)8-10-15/h3-11H,2,19H2,1H3/b16-11+. The highest BCUT2D eigenvalue weighted by atomic mass is 32.2. The summed E-state index contributed by atoms with van der Waals surface area (Å²) >= 11 is 6.68.